The van der Waals surface area contributed by atoms with Crippen molar-refractivity contribution in [3.05, 3.63) is 257 Å². The molecule has 4 heterocycles. The molecule has 20 heteroatoms. The van der Waals surface area contributed by atoms with E-state index in [1.807, 2.05) is 86.6 Å². The second-order valence-corrected chi connectivity index (χ2v) is 28.4. The number of fused-ring (bicyclic) bond motifs is 6. The van der Waals surface area contributed by atoms with Crippen LogP contribution in [0.3, 0.4) is 0 Å². The molecule has 16 nitrogen and oxygen atoms in total. The van der Waals surface area contributed by atoms with E-state index in [-0.39, 0.29) is 52.7 Å². The minimum absolute atomic E-state index is 0.0412. The summed E-state index contributed by atoms with van der Waals surface area (Å²) in [5, 5.41) is 6.29. The van der Waals surface area contributed by atoms with Gasteiger partial charge in [-0.25, -0.2) is 0 Å². The van der Waals surface area contributed by atoms with Crippen molar-refractivity contribution in [3.63, 3.8) is 0 Å². The number of benzene rings is 8. The average Bonchev–Trinajstić information content (AvgIpc) is 1.75. The number of aromatic nitrogens is 4. The van der Waals surface area contributed by atoms with Crippen LogP contribution >= 0.6 is 46.4 Å². The fourth-order valence-electron chi connectivity index (χ4n) is 14.2. The topological polar surface area (TPSA) is 193 Å². The van der Waals surface area contributed by atoms with Crippen LogP contribution in [0.2, 0.25) is 20.1 Å². The second kappa shape index (κ2) is 36.0. The molecular weight excluding hydrogens is 1450 g/mol. The average molecular weight is 1530 g/mol. The highest BCUT2D eigenvalue weighted by Gasteiger charge is 2.31. The molecule has 1 atom stereocenters. The summed E-state index contributed by atoms with van der Waals surface area (Å²) in [5.41, 5.74) is 13.6. The molecule has 0 bridgehead atoms. The van der Waals surface area contributed by atoms with E-state index in [1.54, 1.807) is 171 Å². The third kappa shape index (κ3) is 17.9. The number of halogens is 4. The maximum atomic E-state index is 13.3. The number of ketones is 4. The fourth-order valence-corrected chi connectivity index (χ4v) is 14.7. The molecule has 4 aromatic heterocycles. The highest BCUT2D eigenvalue weighted by atomic mass is 35.5. The van der Waals surface area contributed by atoms with Crippen LogP contribution in [0.25, 0.3) is 43.6 Å². The molecule has 13 rings (SSSR count). The number of aryl methyl sites for hydroxylation is 4. The Labute approximate surface area is 648 Å². The van der Waals surface area contributed by atoms with E-state index >= 15 is 0 Å². The normalized spacial score (nSPS) is 12.3. The number of methoxy groups -OCH3 is 4. The van der Waals surface area contributed by atoms with Gasteiger partial charge in [-0.2, -0.15) is 0 Å². The Hall–Kier alpha value is -10.4. The highest BCUT2D eigenvalue weighted by Crippen LogP contribution is 2.39. The summed E-state index contributed by atoms with van der Waals surface area (Å²) in [7, 11) is 6.50. The van der Waals surface area contributed by atoms with Crippen molar-refractivity contribution in [2.75, 3.05) is 28.4 Å². The van der Waals surface area contributed by atoms with Crippen LogP contribution in [-0.4, -0.2) is 93.5 Å². The molecule has 0 N–H and O–H groups in total. The molecular formula is C88H86Cl4N4O12. The summed E-state index contributed by atoms with van der Waals surface area (Å²) >= 11 is 23.9. The quantitative estimate of drug-likeness (QED) is 0.0662. The standard InChI is InChI=1S/C22H20ClNO3.3C22H22ClNO3/c1-13(25)15-5-9-18-19-12-17(27-2)8-10-20(19)24(21(18)11-15)22(26)14-3-6-16(23)7-4-14;1-14(25)5-4-6-20-15(2)19-13-18(27-3)11-12-21(19)24(20)22(26)16-7-9-17(23)10-8-16;1-4-20-18(11-5-14(2)25)19-13-17(27-3)10-12-21(19)24(20)22(26)15-6-8-16(23)9-7-15;1-4-18-19-13-17(27-3)10-12-21(19)24(20(18)11-5-14(2)25)22(26)15-6-8-16(23)9-7-15/h3-4,6-8,10,12,15H,5,9,11H2,1-2H3;7-13H,4-6H2,1-3H3;2*6-10,12-13H,4-5,11H2,1-3H3. The van der Waals surface area contributed by atoms with E-state index < -0.39 is 0 Å². The molecule has 0 aliphatic heterocycles. The number of carbonyl (C=O) groups is 8. The van der Waals surface area contributed by atoms with E-state index in [2.05, 4.69) is 6.92 Å². The van der Waals surface area contributed by atoms with Crippen LogP contribution in [0.1, 0.15) is 160 Å². The lowest BCUT2D eigenvalue weighted by atomic mass is 9.84. The minimum Gasteiger partial charge on any atom is -0.497 e. The van der Waals surface area contributed by atoms with Gasteiger partial charge in [-0.15, -0.1) is 0 Å². The largest absolute Gasteiger partial charge is 0.497 e. The van der Waals surface area contributed by atoms with Gasteiger partial charge in [-0.3, -0.25) is 42.2 Å². The van der Waals surface area contributed by atoms with E-state index in [1.165, 1.54) is 0 Å². The van der Waals surface area contributed by atoms with Crippen LogP contribution in [0, 0.1) is 12.8 Å². The van der Waals surface area contributed by atoms with Crippen LogP contribution in [0.15, 0.2) is 170 Å². The van der Waals surface area contributed by atoms with Gasteiger partial charge in [0, 0.05) is 112 Å². The molecule has 0 saturated carbocycles. The van der Waals surface area contributed by atoms with Crippen LogP contribution < -0.4 is 18.9 Å². The van der Waals surface area contributed by atoms with Crippen molar-refractivity contribution in [2.45, 2.75) is 126 Å². The monoisotopic (exact) mass is 1530 g/mol. The lowest BCUT2D eigenvalue weighted by molar-refractivity contribution is -0.121. The van der Waals surface area contributed by atoms with Crippen molar-refractivity contribution in [1.29, 1.82) is 0 Å². The summed E-state index contributed by atoms with van der Waals surface area (Å²) in [6.45, 7) is 12.5. The van der Waals surface area contributed by atoms with Crippen LogP contribution in [0.4, 0.5) is 0 Å². The van der Waals surface area contributed by atoms with Gasteiger partial charge in [0.05, 0.1) is 50.5 Å². The van der Waals surface area contributed by atoms with E-state index in [0.717, 1.165) is 131 Å². The number of ether oxygens (including phenoxy) is 4. The Bertz CT molecular complexity index is 5250. The van der Waals surface area contributed by atoms with E-state index in [9.17, 15) is 38.4 Å². The Morgan fingerprint density at radius 3 is 1.13 bits per heavy atom. The molecule has 1 aliphatic rings. The first-order valence-electron chi connectivity index (χ1n) is 35.8. The first-order valence-corrected chi connectivity index (χ1v) is 37.3. The number of Topliss-reactive ketones (excluding diaryl/α,β-unsaturated/α-hetero) is 4. The van der Waals surface area contributed by atoms with E-state index in [4.69, 9.17) is 65.4 Å². The Morgan fingerprint density at radius 2 is 0.741 bits per heavy atom. The second-order valence-electron chi connectivity index (χ2n) is 26.7. The maximum Gasteiger partial charge on any atom is 0.262 e. The molecule has 8 aromatic carbocycles. The zero-order valence-electron chi connectivity index (χ0n) is 62.4. The molecule has 108 heavy (non-hydrogen) atoms. The minimum atomic E-state index is -0.125. The van der Waals surface area contributed by atoms with Crippen molar-refractivity contribution >= 4 is 137 Å². The van der Waals surface area contributed by atoms with Gasteiger partial charge in [0.15, 0.2) is 0 Å². The third-order valence-corrected chi connectivity index (χ3v) is 20.7. The van der Waals surface area contributed by atoms with Gasteiger partial charge < -0.3 is 33.3 Å². The zero-order valence-corrected chi connectivity index (χ0v) is 65.5. The number of nitrogens with zero attached hydrogens (tertiary/aromatic N) is 4. The van der Waals surface area contributed by atoms with Crippen LogP contribution in [-0.2, 0) is 64.1 Å². The SMILES string of the molecule is CCc1c(CCC(C)=O)c2cc(OC)ccc2n1C(=O)c1ccc(Cl)cc1.CCc1c(CCC(C)=O)n(C(=O)c2ccc(Cl)cc2)c2ccc(OC)cc12.COc1ccc2c(c1)c(C)c(CCCC(C)=O)n2C(=O)c1ccc(Cl)cc1.COc1ccc2c(c1)c1c(n2C(=O)c2ccc(Cl)cc2)CC(C(C)=O)CC1. The van der Waals surface area contributed by atoms with E-state index in [0.29, 0.717) is 100 Å². The zero-order chi connectivity index (χ0) is 77.8. The van der Waals surface area contributed by atoms with Gasteiger partial charge in [0.2, 0.25) is 0 Å². The molecule has 558 valence electrons. The first-order chi connectivity index (χ1) is 51.8. The summed E-state index contributed by atoms with van der Waals surface area (Å²) < 4.78 is 28.5. The van der Waals surface area contributed by atoms with Crippen molar-refractivity contribution in [2.24, 2.45) is 5.92 Å². The molecule has 12 aromatic rings. The van der Waals surface area contributed by atoms with Gasteiger partial charge in [-0.1, -0.05) is 60.3 Å². The Morgan fingerprint density at radius 1 is 0.389 bits per heavy atom. The Kier molecular flexibility index (Phi) is 26.7. The smallest absolute Gasteiger partial charge is 0.262 e. The Balaban J connectivity index is 0.000000154. The van der Waals surface area contributed by atoms with Crippen LogP contribution in [0.5, 0.6) is 23.0 Å². The lowest BCUT2D eigenvalue weighted by Gasteiger charge is -2.22. The molecule has 0 saturated heterocycles. The van der Waals surface area contributed by atoms with Gasteiger partial charge in [0.1, 0.15) is 46.1 Å². The summed E-state index contributed by atoms with van der Waals surface area (Å²) in [6, 6.07) is 50.4. The van der Waals surface area contributed by atoms with Gasteiger partial charge in [-0.05, 0) is 285 Å². The number of hydrogen-bond donors (Lipinski definition) is 0. The predicted octanol–water partition coefficient (Wildman–Crippen LogP) is 20.0. The molecule has 0 amide bonds. The van der Waals surface area contributed by atoms with Gasteiger partial charge >= 0.3 is 0 Å². The summed E-state index contributed by atoms with van der Waals surface area (Å²) in [5.74, 6) is 3.06. The molecule has 0 radical (unpaired) electrons. The maximum absolute atomic E-state index is 13.3. The number of carbonyl (C=O) groups excluding carboxylic acids is 8. The predicted molar refractivity (Wildman–Crippen MR) is 430 cm³/mol. The third-order valence-electron chi connectivity index (χ3n) is 19.7. The molecule has 0 fully saturated rings. The lowest BCUT2D eigenvalue weighted by Crippen LogP contribution is -2.24. The highest BCUT2D eigenvalue weighted by molar-refractivity contribution is 6.31. The number of rotatable bonds is 21. The summed E-state index contributed by atoms with van der Waals surface area (Å²) in [4.78, 5) is 99.7. The van der Waals surface area contributed by atoms with Crippen molar-refractivity contribution in [3.8, 4) is 23.0 Å². The van der Waals surface area contributed by atoms with Gasteiger partial charge in [0.25, 0.3) is 23.6 Å². The molecule has 1 aliphatic carbocycles. The molecule has 0 spiro atoms. The fraction of sp³-hybridized carbons (Fsp3) is 0.273. The first kappa shape index (κ1) is 80.2. The number of hydrogen-bond acceptors (Lipinski definition) is 12. The van der Waals surface area contributed by atoms with Crippen molar-refractivity contribution < 1.29 is 57.3 Å². The van der Waals surface area contributed by atoms with Crippen molar-refractivity contribution in [1.82, 2.24) is 18.3 Å². The summed E-state index contributed by atoms with van der Waals surface area (Å²) in [6.07, 6.45) is 7.45. The molecule has 1 unspecified atom stereocenters.